The Labute approximate surface area is 96.0 Å². The van der Waals surface area contributed by atoms with E-state index in [0.29, 0.717) is 11.4 Å². The molecule has 84 valence electrons. The van der Waals surface area contributed by atoms with Crippen LogP contribution in [0.15, 0.2) is 11.0 Å². The molecule has 0 amide bonds. The summed E-state index contributed by atoms with van der Waals surface area (Å²) in [5, 5.41) is 0. The third-order valence-corrected chi connectivity index (χ3v) is 2.90. The fourth-order valence-electron chi connectivity index (χ4n) is 1.75. The van der Waals surface area contributed by atoms with Crippen molar-refractivity contribution in [1.29, 1.82) is 0 Å². The molecule has 0 spiro atoms. The van der Waals surface area contributed by atoms with Gasteiger partial charge in [0.15, 0.2) is 0 Å². The zero-order chi connectivity index (χ0) is 11.4. The van der Waals surface area contributed by atoms with Gasteiger partial charge in [-0.05, 0) is 19.8 Å². The van der Waals surface area contributed by atoms with Crippen molar-refractivity contribution in [1.82, 2.24) is 9.55 Å². The van der Waals surface area contributed by atoms with Gasteiger partial charge in [-0.3, -0.25) is 4.79 Å². The number of thiol groups is 1. The van der Waals surface area contributed by atoms with E-state index in [0.717, 1.165) is 18.5 Å². The van der Waals surface area contributed by atoms with Gasteiger partial charge in [-0.1, -0.05) is 13.8 Å². The molecule has 0 bridgehead atoms. The fraction of sp³-hybridized carbons (Fsp3) is 0.636. The number of nitrogens with zero attached hydrogens (tertiary/aromatic N) is 2. The molecule has 0 atom stereocenters. The van der Waals surface area contributed by atoms with Crippen LogP contribution in [-0.4, -0.2) is 9.55 Å². The van der Waals surface area contributed by atoms with Gasteiger partial charge in [-0.15, -0.1) is 0 Å². The zero-order valence-corrected chi connectivity index (χ0v) is 10.4. The smallest absolute Gasteiger partial charge is 0.273 e. The Morgan fingerprint density at radius 3 is 2.53 bits per heavy atom. The fourth-order valence-corrected chi connectivity index (χ4v) is 1.96. The molecule has 1 rings (SSSR count). The number of aryl methyl sites for hydroxylation is 1. The van der Waals surface area contributed by atoms with Crippen molar-refractivity contribution >= 4 is 12.6 Å². The molecule has 4 heteroatoms. The van der Waals surface area contributed by atoms with Crippen LogP contribution in [0.4, 0.5) is 0 Å². The first-order valence-electron chi connectivity index (χ1n) is 5.33. The SMILES string of the molecule is CCC(CC)n1cc(C)nc(CS)c1=O. The summed E-state index contributed by atoms with van der Waals surface area (Å²) in [7, 11) is 0. The maximum atomic E-state index is 12.0. The van der Waals surface area contributed by atoms with Crippen LogP contribution < -0.4 is 5.56 Å². The second-order valence-electron chi connectivity index (χ2n) is 3.67. The molecule has 0 aromatic carbocycles. The van der Waals surface area contributed by atoms with Gasteiger partial charge in [0.1, 0.15) is 5.69 Å². The minimum atomic E-state index is 0.00398. The van der Waals surface area contributed by atoms with Crippen molar-refractivity contribution in [2.75, 3.05) is 0 Å². The molecule has 0 radical (unpaired) electrons. The molecule has 15 heavy (non-hydrogen) atoms. The summed E-state index contributed by atoms with van der Waals surface area (Å²) in [6.07, 6.45) is 3.77. The highest BCUT2D eigenvalue weighted by atomic mass is 32.1. The van der Waals surface area contributed by atoms with Gasteiger partial charge in [0.2, 0.25) is 0 Å². The molecule has 3 nitrogen and oxygen atoms in total. The van der Waals surface area contributed by atoms with Crippen molar-refractivity contribution < 1.29 is 0 Å². The van der Waals surface area contributed by atoms with E-state index < -0.39 is 0 Å². The van der Waals surface area contributed by atoms with Gasteiger partial charge >= 0.3 is 0 Å². The van der Waals surface area contributed by atoms with Crippen LogP contribution in [0.3, 0.4) is 0 Å². The lowest BCUT2D eigenvalue weighted by Crippen LogP contribution is -2.28. The Bertz CT molecular complexity index is 383. The first kappa shape index (κ1) is 12.3. The first-order valence-corrected chi connectivity index (χ1v) is 5.96. The Morgan fingerprint density at radius 1 is 1.47 bits per heavy atom. The molecule has 0 N–H and O–H groups in total. The number of aromatic nitrogens is 2. The molecule has 0 aliphatic rings. The predicted octanol–water partition coefficient (Wildman–Crippen LogP) is 2.34. The number of hydrogen-bond donors (Lipinski definition) is 1. The second-order valence-corrected chi connectivity index (χ2v) is 3.99. The Balaban J connectivity index is 3.28. The largest absolute Gasteiger partial charge is 0.309 e. The predicted molar refractivity (Wildman–Crippen MR) is 65.5 cm³/mol. The molecule has 1 aromatic rings. The number of hydrogen-bond acceptors (Lipinski definition) is 3. The molecule has 0 aliphatic heterocycles. The highest BCUT2D eigenvalue weighted by molar-refractivity contribution is 7.79. The molecular formula is C11H18N2OS. The molecule has 0 unspecified atom stereocenters. The average Bonchev–Trinajstić information content (AvgIpc) is 2.24. The van der Waals surface area contributed by atoms with E-state index >= 15 is 0 Å². The van der Waals surface area contributed by atoms with Crippen LogP contribution in [0.1, 0.15) is 44.1 Å². The van der Waals surface area contributed by atoms with Crippen LogP contribution in [0.2, 0.25) is 0 Å². The molecule has 0 aliphatic carbocycles. The summed E-state index contributed by atoms with van der Waals surface area (Å²) in [6, 6.07) is 0.276. The third-order valence-electron chi connectivity index (χ3n) is 2.60. The van der Waals surface area contributed by atoms with E-state index in [4.69, 9.17) is 0 Å². The highest BCUT2D eigenvalue weighted by Gasteiger charge is 2.11. The molecule has 1 aromatic heterocycles. The minimum Gasteiger partial charge on any atom is -0.309 e. The molecular weight excluding hydrogens is 208 g/mol. The minimum absolute atomic E-state index is 0.00398. The van der Waals surface area contributed by atoms with Crippen molar-refractivity contribution in [2.24, 2.45) is 0 Å². The normalized spacial score (nSPS) is 11.0. The van der Waals surface area contributed by atoms with Gasteiger partial charge in [0.05, 0.1) is 5.69 Å². The summed E-state index contributed by atoms with van der Waals surface area (Å²) in [4.78, 5) is 16.2. The van der Waals surface area contributed by atoms with Gasteiger partial charge in [0.25, 0.3) is 5.56 Å². The van der Waals surface area contributed by atoms with Crippen LogP contribution in [0.5, 0.6) is 0 Å². The lowest BCUT2D eigenvalue weighted by atomic mass is 10.1. The van der Waals surface area contributed by atoms with Gasteiger partial charge in [0, 0.05) is 18.0 Å². The monoisotopic (exact) mass is 226 g/mol. The summed E-state index contributed by atoms with van der Waals surface area (Å²) in [5.41, 5.74) is 1.43. The summed E-state index contributed by atoms with van der Waals surface area (Å²) >= 11 is 4.13. The van der Waals surface area contributed by atoms with E-state index in [2.05, 4.69) is 31.5 Å². The van der Waals surface area contributed by atoms with E-state index in [9.17, 15) is 4.79 Å². The van der Waals surface area contributed by atoms with E-state index in [1.807, 2.05) is 13.1 Å². The lowest BCUT2D eigenvalue weighted by Gasteiger charge is -2.17. The summed E-state index contributed by atoms with van der Waals surface area (Å²) in [6.45, 7) is 6.10. The maximum Gasteiger partial charge on any atom is 0.273 e. The van der Waals surface area contributed by atoms with E-state index in [1.54, 1.807) is 4.57 Å². The Kier molecular flexibility index (Phi) is 4.39. The Morgan fingerprint density at radius 2 is 2.07 bits per heavy atom. The topological polar surface area (TPSA) is 34.9 Å². The third kappa shape index (κ3) is 2.62. The van der Waals surface area contributed by atoms with Gasteiger partial charge < -0.3 is 4.57 Å². The molecule has 0 saturated carbocycles. The van der Waals surface area contributed by atoms with Crippen LogP contribution in [0, 0.1) is 6.92 Å². The highest BCUT2D eigenvalue weighted by Crippen LogP contribution is 2.13. The van der Waals surface area contributed by atoms with Crippen LogP contribution >= 0.6 is 12.6 Å². The second kappa shape index (κ2) is 5.35. The standard InChI is InChI=1S/C11H18N2OS/c1-4-9(5-2)13-6-8(3)12-10(7-15)11(13)14/h6,9,15H,4-5,7H2,1-3H3. The molecule has 0 saturated heterocycles. The molecule has 0 fully saturated rings. The van der Waals surface area contributed by atoms with Crippen molar-refractivity contribution in [3.8, 4) is 0 Å². The quantitative estimate of drug-likeness (QED) is 0.800. The van der Waals surface area contributed by atoms with E-state index in [-0.39, 0.29) is 11.6 Å². The maximum absolute atomic E-state index is 12.0. The van der Waals surface area contributed by atoms with Crippen LogP contribution in [0.25, 0.3) is 0 Å². The van der Waals surface area contributed by atoms with Crippen molar-refractivity contribution in [3.63, 3.8) is 0 Å². The van der Waals surface area contributed by atoms with E-state index in [1.165, 1.54) is 0 Å². The van der Waals surface area contributed by atoms with Crippen molar-refractivity contribution in [3.05, 3.63) is 27.9 Å². The first-order chi connectivity index (χ1) is 7.13. The van der Waals surface area contributed by atoms with Gasteiger partial charge in [-0.25, -0.2) is 4.98 Å². The van der Waals surface area contributed by atoms with Crippen LogP contribution in [-0.2, 0) is 5.75 Å². The summed E-state index contributed by atoms with van der Waals surface area (Å²) in [5.74, 6) is 0.403. The van der Waals surface area contributed by atoms with Crippen molar-refractivity contribution in [2.45, 2.75) is 45.4 Å². The zero-order valence-electron chi connectivity index (χ0n) is 9.53. The molecule has 1 heterocycles. The average molecular weight is 226 g/mol. The van der Waals surface area contributed by atoms with Gasteiger partial charge in [-0.2, -0.15) is 12.6 Å². The summed E-state index contributed by atoms with van der Waals surface area (Å²) < 4.78 is 1.80. The number of rotatable bonds is 4. The Hall–Kier alpha value is -0.770. The lowest BCUT2D eigenvalue weighted by molar-refractivity contribution is 0.452.